The first kappa shape index (κ1) is 21.1. The summed E-state index contributed by atoms with van der Waals surface area (Å²) in [4.78, 5) is 2.08. The van der Waals surface area contributed by atoms with Crippen molar-refractivity contribution in [2.75, 3.05) is 27.1 Å². The summed E-state index contributed by atoms with van der Waals surface area (Å²) in [5, 5.41) is 11.7. The Morgan fingerprint density at radius 3 is 2.58 bits per heavy atom. The fourth-order valence-electron chi connectivity index (χ4n) is 3.23. The standard InChI is InChI=1S/C20H20F3N5O3/c1-29-9-8-27(11-14-2-7-17-18(10-14)31-13-30-17)12-19-24-25-26-28(19)16-5-3-15(4-6-16)20(21,22)23/h2-7,10H,8-9,11-13H2,1H3. The van der Waals surface area contributed by atoms with Crippen molar-refractivity contribution in [2.45, 2.75) is 19.3 Å². The number of methoxy groups -OCH3 is 1. The maximum Gasteiger partial charge on any atom is 0.416 e. The van der Waals surface area contributed by atoms with Crippen molar-refractivity contribution < 1.29 is 27.4 Å². The lowest BCUT2D eigenvalue weighted by Gasteiger charge is -2.21. The van der Waals surface area contributed by atoms with Crippen molar-refractivity contribution in [1.82, 2.24) is 25.1 Å². The van der Waals surface area contributed by atoms with Gasteiger partial charge in [-0.2, -0.15) is 17.9 Å². The van der Waals surface area contributed by atoms with Crippen LogP contribution < -0.4 is 9.47 Å². The molecule has 0 atom stereocenters. The van der Waals surface area contributed by atoms with E-state index in [4.69, 9.17) is 14.2 Å². The molecular weight excluding hydrogens is 415 g/mol. The van der Waals surface area contributed by atoms with Crippen molar-refractivity contribution in [3.05, 3.63) is 59.4 Å². The van der Waals surface area contributed by atoms with Gasteiger partial charge in [0.2, 0.25) is 6.79 Å². The molecule has 1 aromatic heterocycles. The Kier molecular flexibility index (Phi) is 6.05. The maximum absolute atomic E-state index is 12.8. The molecule has 0 unspecified atom stereocenters. The minimum absolute atomic E-state index is 0.202. The summed E-state index contributed by atoms with van der Waals surface area (Å²) in [5.41, 5.74) is 0.729. The Bertz CT molecular complexity index is 1020. The van der Waals surface area contributed by atoms with Gasteiger partial charge in [-0.1, -0.05) is 6.07 Å². The Morgan fingerprint density at radius 2 is 1.84 bits per heavy atom. The van der Waals surface area contributed by atoms with Crippen molar-refractivity contribution >= 4 is 0 Å². The van der Waals surface area contributed by atoms with E-state index >= 15 is 0 Å². The number of alkyl halides is 3. The smallest absolute Gasteiger partial charge is 0.416 e. The summed E-state index contributed by atoms with van der Waals surface area (Å²) >= 11 is 0. The lowest BCUT2D eigenvalue weighted by Crippen LogP contribution is -2.28. The van der Waals surface area contributed by atoms with Crippen LogP contribution in [0.25, 0.3) is 5.69 Å². The van der Waals surface area contributed by atoms with E-state index < -0.39 is 11.7 Å². The highest BCUT2D eigenvalue weighted by Gasteiger charge is 2.30. The molecule has 1 aliphatic rings. The molecule has 0 fully saturated rings. The number of ether oxygens (including phenoxy) is 3. The third kappa shape index (κ3) is 4.94. The van der Waals surface area contributed by atoms with Crippen molar-refractivity contribution in [3.63, 3.8) is 0 Å². The average molecular weight is 435 g/mol. The predicted octanol–water partition coefficient (Wildman–Crippen LogP) is 3.06. The average Bonchev–Trinajstić information content (AvgIpc) is 3.40. The molecule has 8 nitrogen and oxygen atoms in total. The van der Waals surface area contributed by atoms with Crippen molar-refractivity contribution in [2.24, 2.45) is 0 Å². The van der Waals surface area contributed by atoms with Gasteiger partial charge in [0.05, 0.1) is 24.4 Å². The Balaban J connectivity index is 1.52. The first-order chi connectivity index (χ1) is 14.9. The lowest BCUT2D eigenvalue weighted by molar-refractivity contribution is -0.137. The van der Waals surface area contributed by atoms with Crippen LogP contribution in [0, 0.1) is 0 Å². The van der Waals surface area contributed by atoms with E-state index in [0.29, 0.717) is 49.3 Å². The number of nitrogens with zero attached hydrogens (tertiary/aromatic N) is 5. The van der Waals surface area contributed by atoms with Gasteiger partial charge in [-0.05, 0) is 52.4 Å². The highest BCUT2D eigenvalue weighted by Crippen LogP contribution is 2.33. The summed E-state index contributed by atoms with van der Waals surface area (Å²) in [7, 11) is 1.62. The second kappa shape index (κ2) is 8.90. The Hall–Kier alpha value is -3.18. The van der Waals surface area contributed by atoms with Crippen LogP contribution in [0.4, 0.5) is 13.2 Å². The van der Waals surface area contributed by atoms with Gasteiger partial charge in [0.15, 0.2) is 17.3 Å². The maximum atomic E-state index is 12.8. The van der Waals surface area contributed by atoms with Gasteiger partial charge in [-0.15, -0.1) is 5.10 Å². The molecule has 0 amide bonds. The largest absolute Gasteiger partial charge is 0.454 e. The quantitative estimate of drug-likeness (QED) is 0.538. The van der Waals surface area contributed by atoms with Gasteiger partial charge < -0.3 is 14.2 Å². The summed E-state index contributed by atoms with van der Waals surface area (Å²) < 4.78 is 55.9. The molecule has 1 aliphatic heterocycles. The van der Waals surface area contributed by atoms with E-state index in [9.17, 15) is 13.2 Å². The topological polar surface area (TPSA) is 74.5 Å². The highest BCUT2D eigenvalue weighted by molar-refractivity contribution is 5.44. The second-order valence-corrected chi connectivity index (χ2v) is 6.94. The third-order valence-corrected chi connectivity index (χ3v) is 4.79. The summed E-state index contributed by atoms with van der Waals surface area (Å²) in [5.74, 6) is 1.90. The van der Waals surface area contributed by atoms with Gasteiger partial charge in [0, 0.05) is 20.2 Å². The zero-order valence-corrected chi connectivity index (χ0v) is 16.7. The number of hydrogen-bond donors (Lipinski definition) is 0. The second-order valence-electron chi connectivity index (χ2n) is 6.94. The molecule has 0 aliphatic carbocycles. The highest BCUT2D eigenvalue weighted by atomic mass is 19.4. The molecule has 164 valence electrons. The molecule has 0 radical (unpaired) electrons. The molecule has 2 heterocycles. The van der Waals surface area contributed by atoms with Crippen LogP contribution in [0.3, 0.4) is 0 Å². The van der Waals surface area contributed by atoms with Gasteiger partial charge in [0.1, 0.15) is 0 Å². The summed E-state index contributed by atoms with van der Waals surface area (Å²) in [6, 6.07) is 10.4. The monoisotopic (exact) mass is 435 g/mol. The molecule has 11 heteroatoms. The number of tetrazole rings is 1. The van der Waals surface area contributed by atoms with Crippen molar-refractivity contribution in [1.29, 1.82) is 0 Å². The summed E-state index contributed by atoms with van der Waals surface area (Å²) in [6.45, 7) is 2.23. The molecule has 0 N–H and O–H groups in total. The third-order valence-electron chi connectivity index (χ3n) is 4.79. The molecule has 0 spiro atoms. The fourth-order valence-corrected chi connectivity index (χ4v) is 3.23. The molecule has 0 saturated heterocycles. The minimum atomic E-state index is -4.40. The van der Waals surface area contributed by atoms with Gasteiger partial charge in [-0.25, -0.2) is 0 Å². The Labute approximate surface area is 176 Å². The predicted molar refractivity (Wildman–Crippen MR) is 103 cm³/mol. The van der Waals surface area contributed by atoms with Crippen LogP contribution in [-0.2, 0) is 24.0 Å². The van der Waals surface area contributed by atoms with E-state index in [1.54, 1.807) is 7.11 Å². The molecule has 0 saturated carbocycles. The van der Waals surface area contributed by atoms with E-state index in [0.717, 1.165) is 17.7 Å². The first-order valence-electron chi connectivity index (χ1n) is 9.49. The molecule has 0 bridgehead atoms. The molecule has 2 aromatic carbocycles. The summed E-state index contributed by atoms with van der Waals surface area (Å²) in [6.07, 6.45) is -4.40. The van der Waals surface area contributed by atoms with Crippen molar-refractivity contribution in [3.8, 4) is 17.2 Å². The Morgan fingerprint density at radius 1 is 1.06 bits per heavy atom. The molecule has 3 aromatic rings. The SMILES string of the molecule is COCCN(Cc1ccc2c(c1)OCO2)Cc1nnnn1-c1ccc(C(F)(F)F)cc1. The molecule has 31 heavy (non-hydrogen) atoms. The number of halogens is 3. The zero-order chi connectivity index (χ0) is 21.8. The van der Waals surface area contributed by atoms with E-state index in [2.05, 4.69) is 20.4 Å². The van der Waals surface area contributed by atoms with Crippen LogP contribution in [-0.4, -0.2) is 52.2 Å². The van der Waals surface area contributed by atoms with Crippen LogP contribution in [0.2, 0.25) is 0 Å². The number of aromatic nitrogens is 4. The first-order valence-corrected chi connectivity index (χ1v) is 9.49. The van der Waals surface area contributed by atoms with Crippen LogP contribution in [0.15, 0.2) is 42.5 Å². The molecular formula is C20H20F3N5O3. The van der Waals surface area contributed by atoms with Gasteiger partial charge >= 0.3 is 6.18 Å². The van der Waals surface area contributed by atoms with Crippen LogP contribution >= 0.6 is 0 Å². The van der Waals surface area contributed by atoms with Crippen LogP contribution in [0.1, 0.15) is 17.0 Å². The van der Waals surface area contributed by atoms with Gasteiger partial charge in [0.25, 0.3) is 0 Å². The molecule has 4 rings (SSSR count). The van der Waals surface area contributed by atoms with E-state index in [1.165, 1.54) is 16.8 Å². The van der Waals surface area contributed by atoms with E-state index in [-0.39, 0.29) is 6.79 Å². The zero-order valence-electron chi connectivity index (χ0n) is 16.7. The normalized spacial score (nSPS) is 13.2. The van der Waals surface area contributed by atoms with Crippen LogP contribution in [0.5, 0.6) is 11.5 Å². The van der Waals surface area contributed by atoms with E-state index in [1.807, 2.05) is 18.2 Å². The minimum Gasteiger partial charge on any atom is -0.454 e. The number of rotatable bonds is 8. The number of fused-ring (bicyclic) bond motifs is 1. The van der Waals surface area contributed by atoms with Gasteiger partial charge in [-0.3, -0.25) is 4.90 Å². The number of benzene rings is 2. The fraction of sp³-hybridized carbons (Fsp3) is 0.350. The number of hydrogen-bond acceptors (Lipinski definition) is 7. The lowest BCUT2D eigenvalue weighted by atomic mass is 10.2.